The number of hydrogen-bond acceptors (Lipinski definition) is 5. The molecule has 72 valence electrons. The molecule has 0 amide bonds. The van der Waals surface area contributed by atoms with E-state index in [0.29, 0.717) is 16.3 Å². The highest BCUT2D eigenvalue weighted by Gasteiger charge is 2.17. The Morgan fingerprint density at radius 3 is 2.86 bits per heavy atom. The zero-order valence-corrected chi connectivity index (χ0v) is 8.58. The number of nitrogens with zero attached hydrogens (tertiary/aromatic N) is 4. The molecule has 0 N–H and O–H groups in total. The molecule has 0 aliphatic heterocycles. The third-order valence-corrected chi connectivity index (χ3v) is 2.63. The van der Waals surface area contributed by atoms with Gasteiger partial charge in [-0.25, -0.2) is 0 Å². The molecule has 2 heterocycles. The van der Waals surface area contributed by atoms with Crippen LogP contribution in [0.1, 0.15) is 21.1 Å². The van der Waals surface area contributed by atoms with Crippen molar-refractivity contribution < 1.29 is 4.79 Å². The molecule has 5 nitrogen and oxygen atoms in total. The summed E-state index contributed by atoms with van der Waals surface area (Å²) in [4.78, 5) is 12.4. The molecule has 14 heavy (non-hydrogen) atoms. The molecular formula is C8H8N4OS. The highest BCUT2D eigenvalue weighted by molar-refractivity contribution is 7.08. The van der Waals surface area contributed by atoms with E-state index in [-0.39, 0.29) is 5.78 Å². The fourth-order valence-electron chi connectivity index (χ4n) is 1.09. The molecule has 0 aliphatic carbocycles. The number of carbonyl (C=O) groups excluding carboxylic acids is 1. The summed E-state index contributed by atoms with van der Waals surface area (Å²) < 4.78 is 5.31. The highest BCUT2D eigenvalue weighted by Crippen LogP contribution is 2.13. The van der Waals surface area contributed by atoms with E-state index in [1.54, 1.807) is 30.9 Å². The predicted molar refractivity (Wildman–Crippen MR) is 51.3 cm³/mol. The van der Waals surface area contributed by atoms with E-state index in [2.05, 4.69) is 14.7 Å². The smallest absolute Gasteiger partial charge is 0.226 e. The summed E-state index contributed by atoms with van der Waals surface area (Å²) in [5, 5.41) is 7.81. The largest absolute Gasteiger partial charge is 0.286 e. The van der Waals surface area contributed by atoms with Crippen molar-refractivity contribution in [3.63, 3.8) is 0 Å². The van der Waals surface area contributed by atoms with Gasteiger partial charge < -0.3 is 0 Å². The first-order chi connectivity index (χ1) is 6.68. The van der Waals surface area contributed by atoms with Crippen molar-refractivity contribution in [3.05, 3.63) is 28.5 Å². The second kappa shape index (κ2) is 3.30. The second-order valence-electron chi connectivity index (χ2n) is 2.89. The van der Waals surface area contributed by atoms with E-state index < -0.39 is 0 Å². The molecule has 0 fully saturated rings. The Morgan fingerprint density at radius 2 is 2.36 bits per heavy atom. The van der Waals surface area contributed by atoms with Gasteiger partial charge in [-0.1, -0.05) is 4.49 Å². The molecule has 0 spiro atoms. The standard InChI is InChI=1S/C8H8N4OS/c1-5-8(14-11-9-5)7(13)6-3-4-12(2)10-6/h3-4H,1-2H3. The summed E-state index contributed by atoms with van der Waals surface area (Å²) in [5.41, 5.74) is 1.09. The van der Waals surface area contributed by atoms with E-state index in [9.17, 15) is 4.79 Å². The summed E-state index contributed by atoms with van der Waals surface area (Å²) in [6, 6.07) is 1.68. The minimum atomic E-state index is -0.113. The fraction of sp³-hybridized carbons (Fsp3) is 0.250. The number of hydrogen-bond donors (Lipinski definition) is 0. The molecular weight excluding hydrogens is 200 g/mol. The Morgan fingerprint density at radius 1 is 1.57 bits per heavy atom. The molecule has 0 atom stereocenters. The van der Waals surface area contributed by atoms with E-state index >= 15 is 0 Å². The van der Waals surface area contributed by atoms with Crippen molar-refractivity contribution in [2.75, 3.05) is 0 Å². The molecule has 0 radical (unpaired) electrons. The number of aryl methyl sites for hydroxylation is 2. The summed E-state index contributed by atoms with van der Waals surface area (Å²) in [7, 11) is 1.77. The van der Waals surface area contributed by atoms with Gasteiger partial charge in [-0.15, -0.1) is 5.10 Å². The van der Waals surface area contributed by atoms with Crippen LogP contribution in [0.5, 0.6) is 0 Å². The minimum Gasteiger partial charge on any atom is -0.286 e. The van der Waals surface area contributed by atoms with Crippen molar-refractivity contribution in [1.29, 1.82) is 0 Å². The van der Waals surface area contributed by atoms with Crippen LogP contribution in [0.15, 0.2) is 12.3 Å². The maximum Gasteiger partial charge on any atom is 0.226 e. The van der Waals surface area contributed by atoms with Gasteiger partial charge in [0.15, 0.2) is 0 Å². The van der Waals surface area contributed by atoms with Gasteiger partial charge in [0.05, 0.1) is 5.69 Å². The first-order valence-electron chi connectivity index (χ1n) is 4.02. The highest BCUT2D eigenvalue weighted by atomic mass is 32.1. The Labute approximate surface area is 84.5 Å². The fourth-order valence-corrected chi connectivity index (χ4v) is 1.70. The van der Waals surface area contributed by atoms with Gasteiger partial charge in [0.1, 0.15) is 10.6 Å². The van der Waals surface area contributed by atoms with Crippen molar-refractivity contribution in [1.82, 2.24) is 19.4 Å². The zero-order valence-electron chi connectivity index (χ0n) is 7.76. The van der Waals surface area contributed by atoms with Crippen LogP contribution in [-0.4, -0.2) is 25.2 Å². The topological polar surface area (TPSA) is 60.7 Å². The number of ketones is 1. The molecule has 2 aromatic rings. The lowest BCUT2D eigenvalue weighted by Crippen LogP contribution is -2.02. The van der Waals surface area contributed by atoms with Crippen LogP contribution in [0.25, 0.3) is 0 Å². The first kappa shape index (κ1) is 9.01. The van der Waals surface area contributed by atoms with Crippen molar-refractivity contribution in [2.45, 2.75) is 6.92 Å². The van der Waals surface area contributed by atoms with E-state index in [4.69, 9.17) is 0 Å². The van der Waals surface area contributed by atoms with Crippen LogP contribution < -0.4 is 0 Å². The van der Waals surface area contributed by atoms with E-state index in [1.807, 2.05) is 0 Å². The summed E-state index contributed by atoms with van der Waals surface area (Å²) in [6.07, 6.45) is 1.73. The van der Waals surface area contributed by atoms with Gasteiger partial charge in [-0.3, -0.25) is 9.48 Å². The zero-order chi connectivity index (χ0) is 10.1. The maximum absolute atomic E-state index is 11.8. The van der Waals surface area contributed by atoms with Gasteiger partial charge >= 0.3 is 0 Å². The molecule has 0 aromatic carbocycles. The summed E-state index contributed by atoms with van der Waals surface area (Å²) in [5.74, 6) is -0.113. The molecule has 0 unspecified atom stereocenters. The van der Waals surface area contributed by atoms with Crippen LogP contribution >= 0.6 is 11.5 Å². The number of rotatable bonds is 2. The average molecular weight is 208 g/mol. The Bertz CT molecular complexity index is 473. The predicted octanol–water partition coefficient (Wildman–Crippen LogP) is 0.811. The number of aromatic nitrogens is 4. The van der Waals surface area contributed by atoms with E-state index in [1.165, 1.54) is 0 Å². The second-order valence-corrected chi connectivity index (χ2v) is 3.65. The van der Waals surface area contributed by atoms with Crippen LogP contribution in [0.4, 0.5) is 0 Å². The third kappa shape index (κ3) is 1.44. The van der Waals surface area contributed by atoms with Crippen LogP contribution in [-0.2, 0) is 7.05 Å². The average Bonchev–Trinajstić information content (AvgIpc) is 2.73. The lowest BCUT2D eigenvalue weighted by atomic mass is 10.2. The number of carbonyl (C=O) groups is 1. The monoisotopic (exact) mass is 208 g/mol. The Balaban J connectivity index is 2.38. The van der Waals surface area contributed by atoms with Gasteiger partial charge in [0.25, 0.3) is 0 Å². The Kier molecular flexibility index (Phi) is 2.12. The molecule has 0 saturated heterocycles. The van der Waals surface area contributed by atoms with Gasteiger partial charge in [0, 0.05) is 13.2 Å². The summed E-state index contributed by atoms with van der Waals surface area (Å²) >= 11 is 1.10. The lowest BCUT2D eigenvalue weighted by Gasteiger charge is -1.91. The molecule has 2 aromatic heterocycles. The maximum atomic E-state index is 11.8. The summed E-state index contributed by atoms with van der Waals surface area (Å²) in [6.45, 7) is 1.76. The van der Waals surface area contributed by atoms with Crippen molar-refractivity contribution in [2.24, 2.45) is 7.05 Å². The van der Waals surface area contributed by atoms with E-state index in [0.717, 1.165) is 11.5 Å². The molecule has 0 saturated carbocycles. The van der Waals surface area contributed by atoms with Gasteiger partial charge in [-0.2, -0.15) is 5.10 Å². The SMILES string of the molecule is Cc1nnsc1C(=O)c1ccn(C)n1. The molecule has 6 heteroatoms. The van der Waals surface area contributed by atoms with Crippen molar-refractivity contribution in [3.8, 4) is 0 Å². The molecule has 2 rings (SSSR count). The van der Waals surface area contributed by atoms with Gasteiger partial charge in [-0.05, 0) is 24.5 Å². The first-order valence-corrected chi connectivity index (χ1v) is 4.79. The molecule has 0 aliphatic rings. The quantitative estimate of drug-likeness (QED) is 0.685. The minimum absolute atomic E-state index is 0.113. The third-order valence-electron chi connectivity index (χ3n) is 1.80. The molecule has 0 bridgehead atoms. The van der Waals surface area contributed by atoms with Gasteiger partial charge in [0.2, 0.25) is 5.78 Å². The van der Waals surface area contributed by atoms with Crippen LogP contribution in [0.2, 0.25) is 0 Å². The normalized spacial score (nSPS) is 10.4. The Hall–Kier alpha value is -1.56. The lowest BCUT2D eigenvalue weighted by molar-refractivity contribution is 0.103. The van der Waals surface area contributed by atoms with Crippen LogP contribution in [0, 0.1) is 6.92 Å². The van der Waals surface area contributed by atoms with Crippen LogP contribution in [0.3, 0.4) is 0 Å². The van der Waals surface area contributed by atoms with Crippen molar-refractivity contribution >= 4 is 17.3 Å².